The number of carbonyl (C=O) groups is 2. The number of likely N-dealkylation sites (N-methyl/N-ethyl adjacent to an activating group) is 1. The molecule has 1 fully saturated rings. The van der Waals surface area contributed by atoms with Crippen molar-refractivity contribution in [2.75, 3.05) is 20.7 Å². The molecule has 6 nitrogen and oxygen atoms in total. The van der Waals surface area contributed by atoms with Crippen LogP contribution in [0.1, 0.15) is 34.5 Å². The van der Waals surface area contributed by atoms with Crippen molar-refractivity contribution in [1.82, 2.24) is 10.3 Å². The van der Waals surface area contributed by atoms with Gasteiger partial charge in [-0.25, -0.2) is 9.78 Å². The predicted octanol–water partition coefficient (Wildman–Crippen LogP) is 0.623. The number of amides is 1. The Hall–Kier alpha value is -2.47. The fourth-order valence-electron chi connectivity index (χ4n) is 3.07. The van der Waals surface area contributed by atoms with E-state index in [9.17, 15) is 9.59 Å². The van der Waals surface area contributed by atoms with Crippen LogP contribution < -0.4 is 10.2 Å². The molecule has 1 unspecified atom stereocenters. The van der Waals surface area contributed by atoms with Crippen LogP contribution in [0.4, 0.5) is 0 Å². The second-order valence-corrected chi connectivity index (χ2v) is 6.72. The Balaban J connectivity index is 1.87. The molecule has 1 saturated carbocycles. The number of hydrogen-bond donors (Lipinski definition) is 2. The topological polar surface area (TPSA) is 72.7 Å². The molecule has 1 aliphatic rings. The van der Waals surface area contributed by atoms with Crippen LogP contribution in [-0.4, -0.2) is 43.6 Å². The van der Waals surface area contributed by atoms with E-state index in [1.807, 2.05) is 38.2 Å². The van der Waals surface area contributed by atoms with E-state index >= 15 is 0 Å². The average Bonchev–Trinajstić information content (AvgIpc) is 3.38. The summed E-state index contributed by atoms with van der Waals surface area (Å²) in [5.74, 6) is -0.349. The van der Waals surface area contributed by atoms with Crippen LogP contribution in [0.3, 0.4) is 0 Å². The van der Waals surface area contributed by atoms with Crippen molar-refractivity contribution in [3.63, 3.8) is 0 Å². The van der Waals surface area contributed by atoms with Crippen molar-refractivity contribution in [2.45, 2.75) is 32.4 Å². The quantitative estimate of drug-likeness (QED) is 0.755. The van der Waals surface area contributed by atoms with Gasteiger partial charge in [-0.15, -0.1) is 0 Å². The predicted molar refractivity (Wildman–Crippen MR) is 94.4 cm³/mol. The Morgan fingerprint density at radius 2 is 2.04 bits per heavy atom. The number of aryl methyl sites for hydroxylation is 1. The summed E-state index contributed by atoms with van der Waals surface area (Å²) in [5, 5.41) is 3.93. The van der Waals surface area contributed by atoms with E-state index in [-0.39, 0.29) is 11.9 Å². The van der Waals surface area contributed by atoms with Crippen LogP contribution in [0.2, 0.25) is 0 Å². The molecule has 6 heteroatoms. The monoisotopic (exact) mass is 342 g/mol. The highest BCUT2D eigenvalue weighted by Crippen LogP contribution is 2.23. The van der Waals surface area contributed by atoms with Gasteiger partial charge in [-0.2, -0.15) is 0 Å². The fourth-order valence-corrected chi connectivity index (χ4v) is 3.07. The number of rotatable bonds is 6. The molecule has 1 heterocycles. The number of quaternary nitrogens is 1. The molecule has 25 heavy (non-hydrogen) atoms. The van der Waals surface area contributed by atoms with Gasteiger partial charge in [0, 0.05) is 11.4 Å². The first-order chi connectivity index (χ1) is 12.0. The van der Waals surface area contributed by atoms with Crippen LogP contribution in [0, 0.1) is 6.92 Å². The second-order valence-electron chi connectivity index (χ2n) is 6.72. The first-order valence-corrected chi connectivity index (χ1v) is 8.56. The van der Waals surface area contributed by atoms with Crippen LogP contribution >= 0.6 is 0 Å². The van der Waals surface area contributed by atoms with Gasteiger partial charge in [-0.3, -0.25) is 4.79 Å². The van der Waals surface area contributed by atoms with Gasteiger partial charge in [0.25, 0.3) is 5.91 Å². The molecule has 0 saturated heterocycles. The van der Waals surface area contributed by atoms with Gasteiger partial charge in [0.2, 0.25) is 0 Å². The molecule has 2 N–H and O–H groups in total. The van der Waals surface area contributed by atoms with Crippen LogP contribution in [0.15, 0.2) is 24.3 Å². The van der Waals surface area contributed by atoms with Gasteiger partial charge in [-0.1, -0.05) is 18.2 Å². The highest BCUT2D eigenvalue weighted by molar-refractivity contribution is 5.98. The standard InChI is InChI=1S/C19H23N3O3/c1-12-14-6-4-5-7-15(14)21-16(18(12)19(24)25-3)10-22(2)11-17(23)20-13-8-9-13/h4-7,13H,8-11H2,1-3H3,(H,20,23)/p+1. The maximum atomic E-state index is 12.3. The lowest BCUT2D eigenvalue weighted by atomic mass is 10.0. The molecule has 132 valence electrons. The van der Waals surface area contributed by atoms with Crippen molar-refractivity contribution < 1.29 is 19.2 Å². The molecule has 0 aliphatic heterocycles. The number of nitrogens with one attached hydrogen (secondary N) is 2. The third-order valence-electron chi connectivity index (χ3n) is 4.49. The SMILES string of the molecule is COC(=O)c1c(C[NH+](C)CC(=O)NC2CC2)nc2ccccc2c1C. The largest absolute Gasteiger partial charge is 0.465 e. The third kappa shape index (κ3) is 3.96. The van der Waals surface area contributed by atoms with Gasteiger partial charge in [-0.05, 0) is 31.4 Å². The first kappa shape index (κ1) is 17.4. The van der Waals surface area contributed by atoms with Crippen molar-refractivity contribution in [2.24, 2.45) is 0 Å². The minimum atomic E-state index is -0.388. The number of pyridine rings is 1. The zero-order chi connectivity index (χ0) is 18.0. The fraction of sp³-hybridized carbons (Fsp3) is 0.421. The molecule has 1 aromatic carbocycles. The van der Waals surface area contributed by atoms with E-state index < -0.39 is 0 Å². The minimum absolute atomic E-state index is 0.0390. The highest BCUT2D eigenvalue weighted by atomic mass is 16.5. The van der Waals surface area contributed by atoms with E-state index in [2.05, 4.69) is 10.3 Å². The number of aromatic nitrogens is 1. The molecule has 2 aromatic rings. The maximum absolute atomic E-state index is 12.3. The summed E-state index contributed by atoms with van der Waals surface area (Å²) < 4.78 is 4.96. The Labute approximate surface area is 147 Å². The molecule has 3 rings (SSSR count). The number of hydrogen-bond acceptors (Lipinski definition) is 4. The van der Waals surface area contributed by atoms with Gasteiger partial charge >= 0.3 is 5.97 Å². The number of benzene rings is 1. The lowest BCUT2D eigenvalue weighted by Crippen LogP contribution is -3.09. The summed E-state index contributed by atoms with van der Waals surface area (Å²) in [5.41, 5.74) is 2.88. The zero-order valence-electron chi connectivity index (χ0n) is 14.9. The molecular formula is C19H24N3O3+. The lowest BCUT2D eigenvalue weighted by molar-refractivity contribution is -0.885. The van der Waals surface area contributed by atoms with Gasteiger partial charge in [0.1, 0.15) is 12.2 Å². The molecule has 1 amide bonds. The van der Waals surface area contributed by atoms with Gasteiger partial charge < -0.3 is 15.0 Å². The molecule has 0 spiro atoms. The lowest BCUT2D eigenvalue weighted by Gasteiger charge is -2.17. The van der Waals surface area contributed by atoms with E-state index in [4.69, 9.17) is 4.74 Å². The average molecular weight is 342 g/mol. The number of para-hydroxylation sites is 1. The summed E-state index contributed by atoms with van der Waals surface area (Å²) in [7, 11) is 3.31. The van der Waals surface area contributed by atoms with Gasteiger partial charge in [0.05, 0.1) is 25.2 Å². The third-order valence-corrected chi connectivity index (χ3v) is 4.49. The smallest absolute Gasteiger partial charge is 0.340 e. The Kier molecular flexibility index (Phi) is 4.99. The Bertz CT molecular complexity index is 815. The van der Waals surface area contributed by atoms with Crippen molar-refractivity contribution in [1.29, 1.82) is 0 Å². The number of methoxy groups -OCH3 is 1. The summed E-state index contributed by atoms with van der Waals surface area (Å²) in [6.07, 6.45) is 2.14. The Morgan fingerprint density at radius 3 is 2.72 bits per heavy atom. The Morgan fingerprint density at radius 1 is 1.32 bits per heavy atom. The summed E-state index contributed by atoms with van der Waals surface area (Å²) in [6.45, 7) is 2.74. The molecule has 0 bridgehead atoms. The number of fused-ring (bicyclic) bond motifs is 1. The van der Waals surface area contributed by atoms with Crippen molar-refractivity contribution in [3.05, 3.63) is 41.1 Å². The zero-order valence-corrected chi connectivity index (χ0v) is 14.9. The highest BCUT2D eigenvalue weighted by Gasteiger charge is 2.26. The molecule has 1 aliphatic carbocycles. The molecule has 0 radical (unpaired) electrons. The van der Waals surface area contributed by atoms with E-state index in [1.54, 1.807) is 0 Å². The van der Waals surface area contributed by atoms with Crippen molar-refractivity contribution >= 4 is 22.8 Å². The summed E-state index contributed by atoms with van der Waals surface area (Å²) >= 11 is 0. The number of esters is 1. The first-order valence-electron chi connectivity index (χ1n) is 8.56. The van der Waals surface area contributed by atoms with Crippen molar-refractivity contribution in [3.8, 4) is 0 Å². The molecular weight excluding hydrogens is 318 g/mol. The van der Waals surface area contributed by atoms with E-state index in [0.717, 1.165) is 34.2 Å². The minimum Gasteiger partial charge on any atom is -0.465 e. The van der Waals surface area contributed by atoms with E-state index in [1.165, 1.54) is 7.11 Å². The number of carbonyl (C=O) groups excluding carboxylic acids is 2. The molecule has 1 aromatic heterocycles. The second kappa shape index (κ2) is 7.19. The van der Waals surface area contributed by atoms with Crippen LogP contribution in [0.5, 0.6) is 0 Å². The summed E-state index contributed by atoms with van der Waals surface area (Å²) in [6, 6.07) is 8.09. The van der Waals surface area contributed by atoms with E-state index in [0.29, 0.717) is 30.4 Å². The van der Waals surface area contributed by atoms with Crippen LogP contribution in [-0.2, 0) is 16.1 Å². The summed E-state index contributed by atoms with van der Waals surface area (Å²) in [4.78, 5) is 30.0. The van der Waals surface area contributed by atoms with Crippen LogP contribution in [0.25, 0.3) is 10.9 Å². The maximum Gasteiger partial charge on any atom is 0.340 e. The number of nitrogens with zero attached hydrogens (tertiary/aromatic N) is 1. The van der Waals surface area contributed by atoms with Gasteiger partial charge in [0.15, 0.2) is 6.54 Å². The normalized spacial score (nSPS) is 15.0. The number of ether oxygens (including phenoxy) is 1. The molecule has 1 atom stereocenters.